The number of unbranched alkanes of at least 4 members (excludes halogenated alkanes) is 55. The van der Waals surface area contributed by atoms with E-state index < -0.39 is 86.8 Å². The molecule has 94 heavy (non-hydrogen) atoms. The number of aliphatic hydroxyl groups is 8. The molecule has 14 heteroatoms. The molecule has 0 aromatic carbocycles. The van der Waals surface area contributed by atoms with E-state index in [0.717, 1.165) is 51.4 Å². The zero-order chi connectivity index (χ0) is 68.0. The van der Waals surface area contributed by atoms with E-state index in [-0.39, 0.29) is 12.5 Å². The SMILES string of the molecule is CCCCCCCCCC/C=C\CCCCCCCCCCCCCCCCCCCCCCCC(=O)NC(COC1OC(CO)C(OC2OC(CO)C(O)C(O)C2O)C(O)C1O)C(O)CCCCCCCCCCCCCCCCCCCCCCCCCCCCC. The molecule has 2 rings (SSSR count). The highest BCUT2D eigenvalue weighted by molar-refractivity contribution is 5.76. The fourth-order valence-corrected chi connectivity index (χ4v) is 14.0. The van der Waals surface area contributed by atoms with Gasteiger partial charge in [-0.05, 0) is 38.5 Å². The van der Waals surface area contributed by atoms with E-state index in [9.17, 15) is 45.6 Å². The zero-order valence-corrected chi connectivity index (χ0v) is 61.2. The molecule has 9 N–H and O–H groups in total. The monoisotopic (exact) mass is 1340 g/mol. The van der Waals surface area contributed by atoms with E-state index >= 15 is 0 Å². The van der Waals surface area contributed by atoms with Crippen LogP contribution in [0.3, 0.4) is 0 Å². The van der Waals surface area contributed by atoms with Crippen LogP contribution in [0, 0.1) is 0 Å². The van der Waals surface area contributed by atoms with E-state index in [1.807, 2.05) is 0 Å². The first-order valence-electron chi connectivity index (χ1n) is 40.9. The van der Waals surface area contributed by atoms with Crippen molar-refractivity contribution in [2.24, 2.45) is 0 Å². The topological polar surface area (TPSA) is 228 Å². The minimum atomic E-state index is -1.78. The summed E-state index contributed by atoms with van der Waals surface area (Å²) in [6, 6.07) is -0.827. The van der Waals surface area contributed by atoms with Gasteiger partial charge in [-0.1, -0.05) is 366 Å². The van der Waals surface area contributed by atoms with Gasteiger partial charge in [0, 0.05) is 6.42 Å². The van der Waals surface area contributed by atoms with Crippen molar-refractivity contribution in [2.45, 2.75) is 473 Å². The molecule has 558 valence electrons. The number of rotatable bonds is 70. The third kappa shape index (κ3) is 47.7. The van der Waals surface area contributed by atoms with Crippen LogP contribution in [-0.4, -0.2) is 140 Å². The Morgan fingerprint density at radius 1 is 0.372 bits per heavy atom. The first-order chi connectivity index (χ1) is 46.1. The van der Waals surface area contributed by atoms with Crippen LogP contribution in [0.2, 0.25) is 0 Å². The van der Waals surface area contributed by atoms with E-state index in [1.165, 1.54) is 321 Å². The number of ether oxygens (including phenoxy) is 4. The van der Waals surface area contributed by atoms with Gasteiger partial charge in [0.05, 0.1) is 32.0 Å². The molecular formula is C80H155NO13. The molecule has 0 aromatic rings. The quantitative estimate of drug-likeness (QED) is 0.0204. The molecule has 2 fully saturated rings. The van der Waals surface area contributed by atoms with Gasteiger partial charge in [0.15, 0.2) is 12.6 Å². The van der Waals surface area contributed by atoms with Crippen molar-refractivity contribution in [1.82, 2.24) is 5.32 Å². The van der Waals surface area contributed by atoms with E-state index in [4.69, 9.17) is 18.9 Å². The molecule has 12 unspecified atom stereocenters. The molecule has 0 aliphatic carbocycles. The number of amides is 1. The third-order valence-electron chi connectivity index (χ3n) is 20.5. The van der Waals surface area contributed by atoms with Crippen LogP contribution in [0.25, 0.3) is 0 Å². The Morgan fingerprint density at radius 2 is 0.670 bits per heavy atom. The fraction of sp³-hybridized carbons (Fsp3) is 0.963. The standard InChI is InChI=1S/C80H155NO13/c1-3-5-7-9-11-13-15-17-19-21-23-25-27-29-31-32-33-34-35-36-38-40-42-44-46-48-50-52-54-56-58-60-62-64-72(85)81-68(67-91-79-77(90)75(88)78(71(66-83)93-79)94-80-76(89)74(87)73(86)70(65-82)92-80)69(84)63-61-59-57-55-53-51-49-47-45-43-41-39-37-30-28-26-24-22-20-18-16-14-12-10-8-6-4-2/h21,23,68-71,73-80,82-84,86-90H,3-20,22,24-67H2,1-2H3,(H,81,85)/b23-21-. The molecule has 2 aliphatic heterocycles. The third-order valence-corrected chi connectivity index (χ3v) is 20.5. The van der Waals surface area contributed by atoms with Crippen LogP contribution in [0.1, 0.15) is 399 Å². The molecule has 2 saturated heterocycles. The molecule has 0 bridgehead atoms. The molecule has 14 nitrogen and oxygen atoms in total. The van der Waals surface area contributed by atoms with E-state index in [0.29, 0.717) is 12.8 Å². The van der Waals surface area contributed by atoms with Crippen molar-refractivity contribution in [3.05, 3.63) is 12.2 Å². The molecule has 12 atom stereocenters. The lowest BCUT2D eigenvalue weighted by molar-refractivity contribution is -0.359. The summed E-state index contributed by atoms with van der Waals surface area (Å²) in [5.41, 5.74) is 0. The first kappa shape index (κ1) is 88.8. The lowest BCUT2D eigenvalue weighted by Gasteiger charge is -2.46. The van der Waals surface area contributed by atoms with Gasteiger partial charge in [-0.2, -0.15) is 0 Å². The van der Waals surface area contributed by atoms with Gasteiger partial charge >= 0.3 is 0 Å². The zero-order valence-electron chi connectivity index (χ0n) is 61.2. The first-order valence-corrected chi connectivity index (χ1v) is 40.9. The second kappa shape index (κ2) is 65.1. The average molecular weight is 1340 g/mol. The van der Waals surface area contributed by atoms with Crippen LogP contribution >= 0.6 is 0 Å². The molecule has 2 aliphatic rings. The van der Waals surface area contributed by atoms with Gasteiger partial charge in [0.25, 0.3) is 0 Å². The van der Waals surface area contributed by atoms with Crippen LogP contribution in [0.5, 0.6) is 0 Å². The largest absolute Gasteiger partial charge is 0.394 e. The molecule has 0 radical (unpaired) electrons. The van der Waals surface area contributed by atoms with Crippen molar-refractivity contribution in [3.63, 3.8) is 0 Å². The summed E-state index contributed by atoms with van der Waals surface area (Å²) >= 11 is 0. The average Bonchev–Trinajstić information content (AvgIpc) is 0.794. The fourth-order valence-electron chi connectivity index (χ4n) is 14.0. The number of hydrogen-bond donors (Lipinski definition) is 9. The highest BCUT2D eigenvalue weighted by Crippen LogP contribution is 2.31. The molecule has 0 spiro atoms. The Balaban J connectivity index is 1.59. The van der Waals surface area contributed by atoms with Crippen molar-refractivity contribution >= 4 is 5.91 Å². The molecular weight excluding hydrogens is 1180 g/mol. The van der Waals surface area contributed by atoms with Gasteiger partial charge in [-0.25, -0.2) is 0 Å². The van der Waals surface area contributed by atoms with Crippen molar-refractivity contribution in [1.29, 1.82) is 0 Å². The van der Waals surface area contributed by atoms with Crippen LogP contribution in [-0.2, 0) is 23.7 Å². The molecule has 2 heterocycles. The minimum Gasteiger partial charge on any atom is -0.394 e. The normalized spacial score (nSPS) is 22.4. The van der Waals surface area contributed by atoms with E-state index in [2.05, 4.69) is 31.3 Å². The summed E-state index contributed by atoms with van der Waals surface area (Å²) < 4.78 is 23.0. The number of aliphatic hydroxyl groups excluding tert-OH is 8. The Labute approximate surface area is 577 Å². The summed E-state index contributed by atoms with van der Waals surface area (Å²) in [4.78, 5) is 13.4. The Hall–Kier alpha value is -1.27. The highest BCUT2D eigenvalue weighted by Gasteiger charge is 2.51. The number of carbonyl (C=O) groups is 1. The van der Waals surface area contributed by atoms with Crippen LogP contribution in [0.15, 0.2) is 12.2 Å². The maximum atomic E-state index is 13.4. The van der Waals surface area contributed by atoms with Crippen molar-refractivity contribution in [3.8, 4) is 0 Å². The van der Waals surface area contributed by atoms with Gasteiger partial charge in [0.1, 0.15) is 48.8 Å². The number of allylic oxidation sites excluding steroid dienone is 2. The number of carbonyl (C=O) groups excluding carboxylic acids is 1. The van der Waals surface area contributed by atoms with Gasteiger partial charge in [-0.3, -0.25) is 4.79 Å². The lowest BCUT2D eigenvalue weighted by Crippen LogP contribution is -2.65. The molecule has 0 saturated carbocycles. The van der Waals surface area contributed by atoms with Crippen molar-refractivity contribution < 1.29 is 64.6 Å². The summed E-state index contributed by atoms with van der Waals surface area (Å²) in [6.07, 6.45) is 65.5. The number of nitrogens with one attached hydrogen (secondary N) is 1. The van der Waals surface area contributed by atoms with Gasteiger partial charge in [0.2, 0.25) is 5.91 Å². The summed E-state index contributed by atoms with van der Waals surface area (Å²) in [5.74, 6) is -0.196. The predicted octanol–water partition coefficient (Wildman–Crippen LogP) is 18.5. The second-order valence-electron chi connectivity index (χ2n) is 29.3. The van der Waals surface area contributed by atoms with E-state index in [1.54, 1.807) is 0 Å². The van der Waals surface area contributed by atoms with Gasteiger partial charge < -0.3 is 65.1 Å². The Bertz CT molecular complexity index is 1620. The van der Waals surface area contributed by atoms with Crippen molar-refractivity contribution in [2.75, 3.05) is 19.8 Å². The predicted molar refractivity (Wildman–Crippen MR) is 388 cm³/mol. The molecule has 1 amide bonds. The second-order valence-corrected chi connectivity index (χ2v) is 29.3. The maximum Gasteiger partial charge on any atom is 0.220 e. The number of hydrogen-bond acceptors (Lipinski definition) is 13. The summed E-state index contributed by atoms with van der Waals surface area (Å²) in [6.45, 7) is 2.94. The van der Waals surface area contributed by atoms with Crippen LogP contribution in [0.4, 0.5) is 0 Å². The van der Waals surface area contributed by atoms with Crippen LogP contribution < -0.4 is 5.32 Å². The highest BCUT2D eigenvalue weighted by atomic mass is 16.7. The van der Waals surface area contributed by atoms with Gasteiger partial charge in [-0.15, -0.1) is 0 Å². The smallest absolute Gasteiger partial charge is 0.220 e. The maximum absolute atomic E-state index is 13.4. The summed E-state index contributed by atoms with van der Waals surface area (Å²) in [7, 11) is 0. The Kier molecular flexibility index (Phi) is 61.5. The minimum absolute atomic E-state index is 0.196. The molecule has 0 aromatic heterocycles. The lowest BCUT2D eigenvalue weighted by atomic mass is 9.97. The Morgan fingerprint density at radius 3 is 1.01 bits per heavy atom. The summed E-state index contributed by atoms with van der Waals surface area (Å²) in [5, 5.41) is 87.9.